The minimum Gasteiger partial charge on any atom is -0.480 e. The summed E-state index contributed by atoms with van der Waals surface area (Å²) in [6.07, 6.45) is 2.66. The molecule has 9 nitrogen and oxygen atoms in total. The highest BCUT2D eigenvalue weighted by Gasteiger charge is 2.30. The van der Waals surface area contributed by atoms with Crippen LogP contribution in [0.4, 0.5) is 0 Å². The maximum atomic E-state index is 13.3. The fourth-order valence-electron chi connectivity index (χ4n) is 4.92. The second-order valence-electron chi connectivity index (χ2n) is 9.97. The summed E-state index contributed by atoms with van der Waals surface area (Å²) in [6, 6.07) is 11.1. The lowest BCUT2D eigenvalue weighted by atomic mass is 9.95. The molecule has 1 atom stereocenters. The number of amides is 2. The molecule has 2 N–H and O–H groups in total. The summed E-state index contributed by atoms with van der Waals surface area (Å²) < 4.78 is 29.4. The average molecular weight is 650 g/mol. The number of furan rings is 1. The number of aliphatic carboxylic acids is 1. The van der Waals surface area contributed by atoms with Crippen LogP contribution in [0.15, 0.2) is 64.1 Å². The third kappa shape index (κ3) is 6.12. The first-order valence-electron chi connectivity index (χ1n) is 12.6. The van der Waals surface area contributed by atoms with E-state index in [2.05, 4.69) is 5.32 Å². The third-order valence-corrected chi connectivity index (χ3v) is 9.05. The summed E-state index contributed by atoms with van der Waals surface area (Å²) in [5.41, 5.74) is 2.59. The summed E-state index contributed by atoms with van der Waals surface area (Å²) in [6.45, 7) is 0.542. The molecular weight excluding hydrogens is 627 g/mol. The number of nitrogens with one attached hydrogen (secondary N) is 1. The summed E-state index contributed by atoms with van der Waals surface area (Å²) in [7, 11) is -3.60. The van der Waals surface area contributed by atoms with Gasteiger partial charge in [-0.2, -0.15) is 0 Å². The quantitative estimate of drug-likeness (QED) is 0.273. The number of hydrogen-bond donors (Lipinski definition) is 2. The zero-order valence-corrected chi connectivity index (χ0v) is 25.1. The summed E-state index contributed by atoms with van der Waals surface area (Å²) in [4.78, 5) is 40.1. The van der Waals surface area contributed by atoms with Crippen molar-refractivity contribution in [3.63, 3.8) is 0 Å². The van der Waals surface area contributed by atoms with E-state index in [0.29, 0.717) is 40.8 Å². The Kier molecular flexibility index (Phi) is 8.26. The van der Waals surface area contributed by atoms with Crippen molar-refractivity contribution in [3.05, 3.63) is 97.7 Å². The minimum absolute atomic E-state index is 0.00573. The molecule has 13 heteroatoms. The van der Waals surface area contributed by atoms with Crippen molar-refractivity contribution >= 4 is 73.4 Å². The molecule has 2 amide bonds. The van der Waals surface area contributed by atoms with Crippen molar-refractivity contribution in [1.29, 1.82) is 0 Å². The average Bonchev–Trinajstić information content (AvgIpc) is 3.39. The molecule has 4 aromatic rings. The van der Waals surface area contributed by atoms with E-state index in [1.165, 1.54) is 18.2 Å². The van der Waals surface area contributed by atoms with E-state index in [0.717, 1.165) is 11.6 Å². The molecule has 2 heterocycles. The molecule has 0 bridgehead atoms. The molecule has 0 aliphatic carbocycles. The molecule has 1 aliphatic heterocycles. The summed E-state index contributed by atoms with van der Waals surface area (Å²) in [5, 5.41) is 13.3. The Morgan fingerprint density at radius 1 is 1.07 bits per heavy atom. The zero-order valence-electron chi connectivity index (χ0n) is 22.0. The first-order valence-corrected chi connectivity index (χ1v) is 15.6. The number of halogens is 3. The van der Waals surface area contributed by atoms with Gasteiger partial charge in [-0.3, -0.25) is 9.59 Å². The van der Waals surface area contributed by atoms with Gasteiger partial charge in [0.15, 0.2) is 9.84 Å². The number of hydrogen-bond acceptors (Lipinski definition) is 6. The Morgan fingerprint density at radius 3 is 2.55 bits per heavy atom. The first-order chi connectivity index (χ1) is 19.8. The number of carbonyl (C=O) groups is 3. The van der Waals surface area contributed by atoms with E-state index in [9.17, 15) is 27.9 Å². The second-order valence-corrected chi connectivity index (χ2v) is 13.2. The van der Waals surface area contributed by atoms with Crippen LogP contribution in [0.1, 0.15) is 37.4 Å². The third-order valence-electron chi connectivity index (χ3n) is 7.02. The van der Waals surface area contributed by atoms with Gasteiger partial charge in [0.1, 0.15) is 11.6 Å². The van der Waals surface area contributed by atoms with Gasteiger partial charge in [-0.05, 0) is 65.6 Å². The summed E-state index contributed by atoms with van der Waals surface area (Å²) >= 11 is 19.2. The van der Waals surface area contributed by atoms with Crippen LogP contribution >= 0.6 is 34.8 Å². The predicted molar refractivity (Wildman–Crippen MR) is 158 cm³/mol. The van der Waals surface area contributed by atoms with Crippen molar-refractivity contribution in [2.75, 3.05) is 12.8 Å². The van der Waals surface area contributed by atoms with Gasteiger partial charge in [-0.15, -0.1) is 0 Å². The Morgan fingerprint density at radius 2 is 1.83 bits per heavy atom. The molecule has 0 unspecified atom stereocenters. The second kappa shape index (κ2) is 11.6. The first kappa shape index (κ1) is 29.9. The topological polar surface area (TPSA) is 134 Å². The molecule has 0 spiro atoms. The lowest BCUT2D eigenvalue weighted by molar-refractivity contribution is -0.139. The number of carbonyl (C=O) groups excluding carboxylic acids is 2. The van der Waals surface area contributed by atoms with Gasteiger partial charge in [0.2, 0.25) is 0 Å². The van der Waals surface area contributed by atoms with Gasteiger partial charge in [0, 0.05) is 41.7 Å². The number of sulfone groups is 1. The highest BCUT2D eigenvalue weighted by atomic mass is 35.5. The van der Waals surface area contributed by atoms with Gasteiger partial charge < -0.3 is 19.7 Å². The van der Waals surface area contributed by atoms with E-state index in [4.69, 9.17) is 39.2 Å². The highest BCUT2D eigenvalue weighted by Crippen LogP contribution is 2.35. The minimum atomic E-state index is -3.60. The summed E-state index contributed by atoms with van der Waals surface area (Å²) in [5.74, 6) is -2.36. The van der Waals surface area contributed by atoms with Crippen LogP contribution in [-0.4, -0.2) is 55.1 Å². The lowest BCUT2D eigenvalue weighted by Gasteiger charge is -2.30. The molecule has 0 radical (unpaired) electrons. The Labute approximate surface area is 255 Å². The molecule has 42 heavy (non-hydrogen) atoms. The fraction of sp³-hybridized carbons (Fsp3) is 0.207. The van der Waals surface area contributed by atoms with E-state index >= 15 is 0 Å². The number of carboxylic acid groups (broad SMARTS) is 1. The van der Waals surface area contributed by atoms with Crippen molar-refractivity contribution < 1.29 is 32.3 Å². The fourth-order valence-corrected chi connectivity index (χ4v) is 6.72. The molecule has 1 aliphatic rings. The van der Waals surface area contributed by atoms with Crippen LogP contribution in [0, 0.1) is 0 Å². The SMILES string of the molecule is CS(=O)(=O)c1cc(Cl)cc(C[C@H](NC(=O)c2c(Cl)cc3c(c2Cl)CCN(C(=O)c2ccc4ccoc4c2)C3)C(=O)O)c1. The van der Waals surface area contributed by atoms with Crippen LogP contribution in [0.3, 0.4) is 0 Å². The van der Waals surface area contributed by atoms with E-state index in [1.807, 2.05) is 12.1 Å². The highest BCUT2D eigenvalue weighted by molar-refractivity contribution is 7.90. The molecule has 0 saturated carbocycles. The molecule has 1 aromatic heterocycles. The Bertz CT molecular complexity index is 1870. The Hall–Kier alpha value is -3.57. The smallest absolute Gasteiger partial charge is 0.326 e. The van der Waals surface area contributed by atoms with Crippen molar-refractivity contribution in [2.45, 2.75) is 30.3 Å². The van der Waals surface area contributed by atoms with Crippen LogP contribution in [0.5, 0.6) is 0 Å². The normalized spacial score (nSPS) is 14.0. The molecule has 218 valence electrons. The number of fused-ring (bicyclic) bond motifs is 2. The predicted octanol–water partition coefficient (Wildman–Crippen LogP) is 5.42. The zero-order chi connectivity index (χ0) is 30.3. The van der Waals surface area contributed by atoms with Crippen LogP contribution in [-0.2, 0) is 34.0 Å². The van der Waals surface area contributed by atoms with Gasteiger partial charge in [-0.25, -0.2) is 13.2 Å². The number of carboxylic acids is 1. The van der Waals surface area contributed by atoms with Crippen LogP contribution in [0.25, 0.3) is 11.0 Å². The number of nitrogens with zero attached hydrogens (tertiary/aromatic N) is 1. The molecule has 5 rings (SSSR count). The maximum absolute atomic E-state index is 13.3. The molecular formula is C29H23Cl3N2O7S. The standard InChI is InChI=1S/C29H23Cl3N2O7S/c1-42(39,40)20-9-15(8-19(30)13-20)10-23(29(37)38)33-27(35)25-22(31)11-18-14-34(6-4-21(18)26(25)32)28(36)17-3-2-16-5-7-41-24(16)12-17/h2-3,5,7-9,11-13,23H,4,6,10,14H2,1H3,(H,33,35)(H,37,38)/t23-/m0/s1. The van der Waals surface area contributed by atoms with E-state index < -0.39 is 27.8 Å². The van der Waals surface area contributed by atoms with E-state index in [1.54, 1.807) is 29.4 Å². The number of benzene rings is 3. The molecule has 0 fully saturated rings. The van der Waals surface area contributed by atoms with Gasteiger partial charge in [0.05, 0.1) is 26.8 Å². The van der Waals surface area contributed by atoms with Gasteiger partial charge >= 0.3 is 5.97 Å². The van der Waals surface area contributed by atoms with Crippen molar-refractivity contribution in [2.24, 2.45) is 0 Å². The van der Waals surface area contributed by atoms with Crippen molar-refractivity contribution in [3.8, 4) is 0 Å². The lowest BCUT2D eigenvalue weighted by Crippen LogP contribution is -2.42. The van der Waals surface area contributed by atoms with Gasteiger partial charge in [-0.1, -0.05) is 40.9 Å². The van der Waals surface area contributed by atoms with E-state index in [-0.39, 0.29) is 44.4 Å². The number of rotatable bonds is 7. The monoisotopic (exact) mass is 648 g/mol. The largest absolute Gasteiger partial charge is 0.480 e. The maximum Gasteiger partial charge on any atom is 0.326 e. The van der Waals surface area contributed by atoms with Gasteiger partial charge in [0.25, 0.3) is 11.8 Å². The van der Waals surface area contributed by atoms with Crippen LogP contribution in [0.2, 0.25) is 15.1 Å². The van der Waals surface area contributed by atoms with Crippen LogP contribution < -0.4 is 5.32 Å². The molecule has 3 aromatic carbocycles. The molecule has 0 saturated heterocycles. The Balaban J connectivity index is 1.36. The van der Waals surface area contributed by atoms with Crippen molar-refractivity contribution in [1.82, 2.24) is 10.2 Å².